The van der Waals surface area contributed by atoms with Crippen molar-refractivity contribution in [3.63, 3.8) is 0 Å². The zero-order chi connectivity index (χ0) is 19.7. The summed E-state index contributed by atoms with van der Waals surface area (Å²) in [4.78, 5) is 39.8. The van der Waals surface area contributed by atoms with Gasteiger partial charge in [0, 0.05) is 24.7 Å². The second kappa shape index (κ2) is 7.63. The van der Waals surface area contributed by atoms with Crippen molar-refractivity contribution in [2.75, 3.05) is 19.6 Å². The fraction of sp³-hybridized carbons (Fsp3) is 0.250. The maximum absolute atomic E-state index is 13.4. The highest BCUT2D eigenvalue weighted by Crippen LogP contribution is 2.33. The van der Waals surface area contributed by atoms with Crippen molar-refractivity contribution in [2.24, 2.45) is 0 Å². The normalized spacial score (nSPS) is 18.5. The summed E-state index contributed by atoms with van der Waals surface area (Å²) in [5.74, 6) is -0.275. The minimum Gasteiger partial charge on any atom is -0.457 e. The average Bonchev–Trinajstić information content (AvgIpc) is 3.40. The monoisotopic (exact) mass is 400 g/mol. The van der Waals surface area contributed by atoms with Crippen LogP contribution >= 0.6 is 11.8 Å². The van der Waals surface area contributed by atoms with Crippen LogP contribution in [0.4, 0.5) is 9.18 Å². The summed E-state index contributed by atoms with van der Waals surface area (Å²) in [5.41, 5.74) is 0.573. The van der Waals surface area contributed by atoms with E-state index in [2.05, 4.69) is 0 Å². The smallest absolute Gasteiger partial charge is 0.294 e. The van der Waals surface area contributed by atoms with Crippen LogP contribution in [-0.2, 0) is 9.59 Å². The average molecular weight is 400 g/mol. The Bertz CT molecular complexity index is 978. The van der Waals surface area contributed by atoms with Gasteiger partial charge in [0.05, 0.1) is 4.91 Å². The van der Waals surface area contributed by atoms with Crippen LogP contribution in [-0.4, -0.2) is 46.5 Å². The Morgan fingerprint density at radius 2 is 1.96 bits per heavy atom. The lowest BCUT2D eigenvalue weighted by Crippen LogP contribution is -2.40. The maximum atomic E-state index is 13.4. The topological polar surface area (TPSA) is 70.8 Å². The third kappa shape index (κ3) is 3.73. The Kier molecular flexibility index (Phi) is 5.04. The third-order valence-electron chi connectivity index (χ3n) is 4.64. The van der Waals surface area contributed by atoms with Crippen molar-refractivity contribution in [1.29, 1.82) is 0 Å². The number of benzene rings is 1. The molecule has 0 atom stereocenters. The van der Waals surface area contributed by atoms with Crippen LogP contribution in [0.5, 0.6) is 0 Å². The quantitative estimate of drug-likeness (QED) is 0.731. The lowest BCUT2D eigenvalue weighted by molar-refractivity contribution is -0.135. The predicted molar refractivity (Wildman–Crippen MR) is 103 cm³/mol. The molecule has 1 aromatic carbocycles. The SMILES string of the molecule is O=C(CN1C(=O)S/C(=C/c2ccc(-c3cccc(F)c3)o2)C1=O)N1CCCC1. The molecule has 0 radical (unpaired) electrons. The molecule has 0 N–H and O–H groups in total. The molecule has 2 saturated heterocycles. The molecule has 0 saturated carbocycles. The molecule has 0 bridgehead atoms. The molecule has 0 spiro atoms. The van der Waals surface area contributed by atoms with Crippen molar-refractivity contribution >= 4 is 34.9 Å². The molecular formula is C20H17FN2O4S. The van der Waals surface area contributed by atoms with Crippen molar-refractivity contribution in [1.82, 2.24) is 9.80 Å². The molecular weight excluding hydrogens is 383 g/mol. The number of carbonyl (C=O) groups excluding carboxylic acids is 3. The predicted octanol–water partition coefficient (Wildman–Crippen LogP) is 3.74. The third-order valence-corrected chi connectivity index (χ3v) is 5.54. The molecule has 2 fully saturated rings. The van der Waals surface area contributed by atoms with Gasteiger partial charge in [0.2, 0.25) is 5.91 Å². The number of imide groups is 1. The maximum Gasteiger partial charge on any atom is 0.294 e. The van der Waals surface area contributed by atoms with Gasteiger partial charge < -0.3 is 9.32 Å². The highest BCUT2D eigenvalue weighted by Gasteiger charge is 2.37. The molecule has 144 valence electrons. The van der Waals surface area contributed by atoms with E-state index in [9.17, 15) is 18.8 Å². The molecule has 2 aromatic rings. The van der Waals surface area contributed by atoms with Gasteiger partial charge in [0.1, 0.15) is 23.9 Å². The first-order valence-corrected chi connectivity index (χ1v) is 9.72. The number of rotatable bonds is 4. The first-order valence-electron chi connectivity index (χ1n) is 8.90. The number of halogens is 1. The number of nitrogens with zero attached hydrogens (tertiary/aromatic N) is 2. The highest BCUT2D eigenvalue weighted by molar-refractivity contribution is 8.18. The molecule has 2 aliphatic rings. The van der Waals surface area contributed by atoms with Gasteiger partial charge in [-0.1, -0.05) is 12.1 Å². The van der Waals surface area contributed by atoms with Crippen molar-refractivity contribution in [2.45, 2.75) is 12.8 Å². The Morgan fingerprint density at radius 3 is 2.71 bits per heavy atom. The number of hydrogen-bond acceptors (Lipinski definition) is 5. The van der Waals surface area contributed by atoms with Crippen LogP contribution in [0.25, 0.3) is 17.4 Å². The summed E-state index contributed by atoms with van der Waals surface area (Å²) in [7, 11) is 0. The first kappa shape index (κ1) is 18.5. The number of likely N-dealkylation sites (tertiary alicyclic amines) is 1. The van der Waals surface area contributed by atoms with Gasteiger partial charge in [0.25, 0.3) is 11.1 Å². The van der Waals surface area contributed by atoms with Crippen LogP contribution < -0.4 is 0 Å². The molecule has 2 aliphatic heterocycles. The van der Waals surface area contributed by atoms with Gasteiger partial charge >= 0.3 is 0 Å². The summed E-state index contributed by atoms with van der Waals surface area (Å²) in [5, 5.41) is -0.472. The lowest BCUT2D eigenvalue weighted by atomic mass is 10.2. The van der Waals surface area contributed by atoms with Gasteiger partial charge in [-0.15, -0.1) is 0 Å². The number of thioether (sulfide) groups is 1. The summed E-state index contributed by atoms with van der Waals surface area (Å²) < 4.78 is 19.0. The van der Waals surface area contributed by atoms with Gasteiger partial charge in [-0.3, -0.25) is 19.3 Å². The van der Waals surface area contributed by atoms with E-state index >= 15 is 0 Å². The van der Waals surface area contributed by atoms with Crippen LogP contribution in [0.3, 0.4) is 0 Å². The van der Waals surface area contributed by atoms with Crippen LogP contribution in [0.2, 0.25) is 0 Å². The van der Waals surface area contributed by atoms with E-state index in [0.29, 0.717) is 30.2 Å². The van der Waals surface area contributed by atoms with Crippen LogP contribution in [0.1, 0.15) is 18.6 Å². The zero-order valence-electron chi connectivity index (χ0n) is 14.9. The fourth-order valence-electron chi connectivity index (χ4n) is 3.19. The van der Waals surface area contributed by atoms with E-state index < -0.39 is 11.1 Å². The van der Waals surface area contributed by atoms with E-state index in [0.717, 1.165) is 29.5 Å². The molecule has 0 aliphatic carbocycles. The number of furan rings is 1. The Balaban J connectivity index is 1.49. The lowest BCUT2D eigenvalue weighted by Gasteiger charge is -2.18. The molecule has 8 heteroatoms. The summed E-state index contributed by atoms with van der Waals surface area (Å²) in [6.45, 7) is 1.09. The second-order valence-electron chi connectivity index (χ2n) is 6.57. The standard InChI is InChI=1S/C20H17FN2O4S/c21-14-5-3-4-13(10-14)16-7-6-15(27-16)11-17-19(25)23(20(26)28-17)12-18(24)22-8-1-2-9-22/h3-7,10-11H,1-2,8-9,12H2/b17-11+. The van der Waals surface area contributed by atoms with Crippen molar-refractivity contribution in [3.05, 3.63) is 52.9 Å². The second-order valence-corrected chi connectivity index (χ2v) is 7.56. The minimum atomic E-state index is -0.508. The summed E-state index contributed by atoms with van der Waals surface area (Å²) in [6, 6.07) is 9.29. The van der Waals surface area contributed by atoms with Crippen LogP contribution in [0.15, 0.2) is 45.7 Å². The van der Waals surface area contributed by atoms with Crippen molar-refractivity contribution < 1.29 is 23.2 Å². The minimum absolute atomic E-state index is 0.194. The van der Waals surface area contributed by atoms with E-state index in [4.69, 9.17) is 4.42 Å². The highest BCUT2D eigenvalue weighted by atomic mass is 32.2. The zero-order valence-corrected chi connectivity index (χ0v) is 15.7. The number of carbonyl (C=O) groups is 3. The Morgan fingerprint density at radius 1 is 1.18 bits per heavy atom. The number of hydrogen-bond donors (Lipinski definition) is 0. The summed E-state index contributed by atoms with van der Waals surface area (Å²) >= 11 is 0.776. The van der Waals surface area contributed by atoms with E-state index in [1.54, 1.807) is 29.2 Å². The van der Waals surface area contributed by atoms with Crippen LogP contribution in [0, 0.1) is 5.82 Å². The van der Waals surface area contributed by atoms with Crippen molar-refractivity contribution in [3.8, 4) is 11.3 Å². The van der Waals surface area contributed by atoms with E-state index in [1.165, 1.54) is 18.2 Å². The molecule has 4 rings (SSSR count). The van der Waals surface area contributed by atoms with Gasteiger partial charge in [-0.2, -0.15) is 0 Å². The Labute approximate surface area is 165 Å². The van der Waals surface area contributed by atoms with Gasteiger partial charge in [-0.25, -0.2) is 4.39 Å². The molecule has 0 unspecified atom stereocenters. The molecule has 3 amide bonds. The fourth-order valence-corrected chi connectivity index (χ4v) is 4.01. The van der Waals surface area contributed by atoms with Gasteiger partial charge in [0.15, 0.2) is 0 Å². The largest absolute Gasteiger partial charge is 0.457 e. The molecule has 6 nitrogen and oxygen atoms in total. The number of amides is 3. The molecule has 3 heterocycles. The van der Waals surface area contributed by atoms with E-state index in [1.807, 2.05) is 0 Å². The Hall–Kier alpha value is -2.87. The van der Waals surface area contributed by atoms with E-state index in [-0.39, 0.29) is 23.2 Å². The molecule has 28 heavy (non-hydrogen) atoms. The molecule has 1 aromatic heterocycles. The van der Waals surface area contributed by atoms with Gasteiger partial charge in [-0.05, 0) is 48.9 Å². The summed E-state index contributed by atoms with van der Waals surface area (Å²) in [6.07, 6.45) is 3.35. The first-order chi connectivity index (χ1) is 13.5.